The number of rotatable bonds is 2. The van der Waals surface area contributed by atoms with Gasteiger partial charge in [-0.25, -0.2) is 0 Å². The van der Waals surface area contributed by atoms with E-state index in [1.54, 1.807) is 0 Å². The van der Waals surface area contributed by atoms with E-state index in [4.69, 9.17) is 0 Å². The summed E-state index contributed by atoms with van der Waals surface area (Å²) in [5.41, 5.74) is 4.26. The van der Waals surface area contributed by atoms with E-state index in [-0.39, 0.29) is 5.54 Å². The number of likely N-dealkylation sites (N-methyl/N-ethyl adjacent to an activating group) is 1. The van der Waals surface area contributed by atoms with Crippen LogP contribution in [0.3, 0.4) is 0 Å². The fourth-order valence-corrected chi connectivity index (χ4v) is 2.64. The zero-order chi connectivity index (χ0) is 14.0. The smallest absolute Gasteiger partial charge is 0.274 e. The lowest BCUT2D eigenvalue weighted by Crippen LogP contribution is -2.41. The molecule has 1 aromatic rings. The molecule has 0 bridgehead atoms. The molecule has 2 heteroatoms. The maximum Gasteiger partial charge on any atom is 0.278 e. The molecule has 0 aromatic heterocycles. The second-order valence-electron chi connectivity index (χ2n) is 6.16. The van der Waals surface area contributed by atoms with Crippen LogP contribution in [0.5, 0.6) is 0 Å². The van der Waals surface area contributed by atoms with Gasteiger partial charge in [-0.1, -0.05) is 30.3 Å². The van der Waals surface area contributed by atoms with Gasteiger partial charge in [-0.3, -0.25) is 9.89 Å². The molecule has 0 unspecified atom stereocenters. The highest BCUT2D eigenvalue weighted by atomic mass is 15.2. The van der Waals surface area contributed by atoms with Gasteiger partial charge in [0.15, 0.2) is 0 Å². The maximum absolute atomic E-state index is 3.56. The summed E-state index contributed by atoms with van der Waals surface area (Å²) < 4.78 is 2.47. The van der Waals surface area contributed by atoms with Gasteiger partial charge in [0.2, 0.25) is 0 Å². The van der Waals surface area contributed by atoms with Crippen LogP contribution in [-0.2, 0) is 0 Å². The summed E-state index contributed by atoms with van der Waals surface area (Å²) in [6.45, 7) is 13.2. The zero-order valence-electron chi connectivity index (χ0n) is 12.7. The Morgan fingerprint density at radius 2 is 1.79 bits per heavy atom. The second kappa shape index (κ2) is 5.20. The highest BCUT2D eigenvalue weighted by Gasteiger charge is 2.34. The molecule has 1 aromatic carbocycles. The summed E-state index contributed by atoms with van der Waals surface area (Å²) in [5.74, 6) is 1.28. The molecule has 0 spiro atoms. The minimum Gasteiger partial charge on any atom is -0.274 e. The normalized spacial score (nSPS) is 16.3. The first-order valence-electron chi connectivity index (χ1n) is 7.09. The quantitative estimate of drug-likeness (QED) is 0.803. The summed E-state index contributed by atoms with van der Waals surface area (Å²) in [5, 5.41) is 3.56. The van der Waals surface area contributed by atoms with Gasteiger partial charge in [-0.15, -0.1) is 0 Å². The van der Waals surface area contributed by atoms with E-state index in [1.165, 1.54) is 22.5 Å². The summed E-state index contributed by atoms with van der Waals surface area (Å²) in [4.78, 5) is 0. The largest absolute Gasteiger partial charge is 0.278 e. The lowest BCUT2D eigenvalue weighted by atomic mass is 10.0. The van der Waals surface area contributed by atoms with Crippen molar-refractivity contribution in [2.45, 2.75) is 40.2 Å². The molecule has 0 aliphatic carbocycles. The summed E-state index contributed by atoms with van der Waals surface area (Å²) in [6, 6.07) is 10.7. The van der Waals surface area contributed by atoms with Crippen LogP contribution in [0.4, 0.5) is 0 Å². The van der Waals surface area contributed by atoms with Gasteiger partial charge in [-0.05, 0) is 45.8 Å². The number of nitrogens with one attached hydrogen (secondary N) is 1. The van der Waals surface area contributed by atoms with E-state index < -0.39 is 0 Å². The standard InChI is InChI=1S/C17H24N2/c1-6-18-16-15(14-10-8-7-9-11-14)13(2)12-19(16)17(3,4)5/h7-11H,6,12H2,1-5H3/p+1. The lowest BCUT2D eigenvalue weighted by Gasteiger charge is -2.21. The molecule has 2 nitrogen and oxygen atoms in total. The molecule has 0 amide bonds. The summed E-state index contributed by atoms with van der Waals surface area (Å²) >= 11 is 0. The van der Waals surface area contributed by atoms with Crippen LogP contribution in [0.1, 0.15) is 40.2 Å². The topological polar surface area (TPSA) is 15.0 Å². The van der Waals surface area contributed by atoms with Crippen molar-refractivity contribution in [3.8, 4) is 0 Å². The molecule has 19 heavy (non-hydrogen) atoms. The Morgan fingerprint density at radius 1 is 1.16 bits per heavy atom. The minimum atomic E-state index is 0.134. The van der Waals surface area contributed by atoms with Gasteiger partial charge in [0.05, 0.1) is 17.7 Å². The number of hydrogen-bond acceptors (Lipinski definition) is 1. The second-order valence-corrected chi connectivity index (χ2v) is 6.16. The van der Waals surface area contributed by atoms with Gasteiger partial charge < -0.3 is 0 Å². The summed E-state index contributed by atoms with van der Waals surface area (Å²) in [7, 11) is 0. The monoisotopic (exact) mass is 257 g/mol. The predicted octanol–water partition coefficient (Wildman–Crippen LogP) is 3.29. The molecule has 0 radical (unpaired) electrons. The third-order valence-corrected chi connectivity index (χ3v) is 3.55. The van der Waals surface area contributed by atoms with Crippen molar-refractivity contribution >= 4 is 11.4 Å². The molecule has 102 valence electrons. The first kappa shape index (κ1) is 13.9. The molecular weight excluding hydrogens is 232 g/mol. The minimum absolute atomic E-state index is 0.134. The van der Waals surface area contributed by atoms with Crippen molar-refractivity contribution in [2.24, 2.45) is 0 Å². The maximum atomic E-state index is 3.56. The Kier molecular flexibility index (Phi) is 3.79. The molecule has 0 saturated heterocycles. The van der Waals surface area contributed by atoms with E-state index >= 15 is 0 Å². The average molecular weight is 257 g/mol. The van der Waals surface area contributed by atoms with Crippen LogP contribution < -0.4 is 5.32 Å². The third kappa shape index (κ3) is 2.73. The van der Waals surface area contributed by atoms with Crippen LogP contribution in [0.2, 0.25) is 0 Å². The van der Waals surface area contributed by atoms with E-state index in [2.05, 4.69) is 74.8 Å². The molecule has 1 heterocycles. The number of nitrogens with zero attached hydrogens (tertiary/aromatic N) is 1. The Balaban J connectivity index is 2.52. The lowest BCUT2D eigenvalue weighted by molar-refractivity contribution is -0.587. The van der Waals surface area contributed by atoms with Crippen LogP contribution in [0.15, 0.2) is 35.9 Å². The number of benzene rings is 1. The Morgan fingerprint density at radius 3 is 2.32 bits per heavy atom. The fourth-order valence-electron chi connectivity index (χ4n) is 2.64. The molecule has 0 fully saturated rings. The third-order valence-electron chi connectivity index (χ3n) is 3.55. The first-order valence-corrected chi connectivity index (χ1v) is 7.09. The van der Waals surface area contributed by atoms with Gasteiger partial charge in [-0.2, -0.15) is 0 Å². The van der Waals surface area contributed by atoms with E-state index in [1.807, 2.05) is 0 Å². The van der Waals surface area contributed by atoms with Gasteiger partial charge in [0.1, 0.15) is 6.54 Å². The van der Waals surface area contributed by atoms with E-state index in [0.29, 0.717) is 0 Å². The van der Waals surface area contributed by atoms with E-state index in [9.17, 15) is 0 Å². The Labute approximate surface area is 116 Å². The molecule has 1 aliphatic rings. The Hall–Kier alpha value is -1.57. The molecule has 0 saturated carbocycles. The number of hydrogen-bond donors (Lipinski definition) is 1. The Bertz CT molecular complexity index is 516. The van der Waals surface area contributed by atoms with Crippen LogP contribution in [-0.4, -0.2) is 29.0 Å². The van der Waals surface area contributed by atoms with Crippen molar-refractivity contribution in [2.75, 3.05) is 13.1 Å². The highest BCUT2D eigenvalue weighted by molar-refractivity contribution is 6.22. The van der Waals surface area contributed by atoms with Crippen LogP contribution in [0, 0.1) is 0 Å². The molecule has 0 atom stereocenters. The van der Waals surface area contributed by atoms with Crippen LogP contribution in [0.25, 0.3) is 5.57 Å². The molecule has 2 rings (SSSR count). The van der Waals surface area contributed by atoms with Gasteiger partial charge in [0, 0.05) is 0 Å². The van der Waals surface area contributed by atoms with Gasteiger partial charge >= 0.3 is 0 Å². The average Bonchev–Trinajstić information content (AvgIpc) is 2.68. The zero-order valence-corrected chi connectivity index (χ0v) is 12.7. The van der Waals surface area contributed by atoms with Crippen molar-refractivity contribution < 1.29 is 4.58 Å². The molecular formula is C17H25N2+. The molecule has 1 aliphatic heterocycles. The highest BCUT2D eigenvalue weighted by Crippen LogP contribution is 2.27. The van der Waals surface area contributed by atoms with Crippen molar-refractivity contribution in [3.63, 3.8) is 0 Å². The van der Waals surface area contributed by atoms with Crippen molar-refractivity contribution in [3.05, 3.63) is 41.5 Å². The SMILES string of the molecule is CCNC1=[N+](C(C)(C)C)CC(C)=C1c1ccccc1. The number of amidine groups is 1. The van der Waals surface area contributed by atoms with Crippen molar-refractivity contribution in [1.29, 1.82) is 0 Å². The summed E-state index contributed by atoms with van der Waals surface area (Å²) in [6.07, 6.45) is 0. The van der Waals surface area contributed by atoms with Crippen molar-refractivity contribution in [1.82, 2.24) is 5.32 Å². The first-order chi connectivity index (χ1) is 8.95. The fraction of sp³-hybridized carbons (Fsp3) is 0.471. The van der Waals surface area contributed by atoms with E-state index in [0.717, 1.165) is 13.1 Å². The molecule has 1 N–H and O–H groups in total. The van der Waals surface area contributed by atoms with Crippen LogP contribution >= 0.6 is 0 Å². The predicted molar refractivity (Wildman–Crippen MR) is 82.6 cm³/mol. The van der Waals surface area contributed by atoms with Gasteiger partial charge in [0.25, 0.3) is 5.84 Å².